The molecular formula is C19H20N6O. The van der Waals surface area contributed by atoms with Gasteiger partial charge in [0.05, 0.1) is 18.3 Å². The second-order valence-electron chi connectivity index (χ2n) is 6.37. The molecule has 1 fully saturated rings. The van der Waals surface area contributed by atoms with Crippen LogP contribution in [0.1, 0.15) is 23.9 Å². The van der Waals surface area contributed by atoms with Crippen LogP contribution in [0.3, 0.4) is 0 Å². The van der Waals surface area contributed by atoms with Crippen LogP contribution in [0.4, 0.5) is 0 Å². The van der Waals surface area contributed by atoms with E-state index in [9.17, 15) is 4.79 Å². The van der Waals surface area contributed by atoms with Crippen LogP contribution in [0, 0.1) is 0 Å². The van der Waals surface area contributed by atoms with Crippen LogP contribution >= 0.6 is 0 Å². The molecule has 2 atom stereocenters. The van der Waals surface area contributed by atoms with Gasteiger partial charge in [-0.3, -0.25) is 9.78 Å². The minimum Gasteiger partial charge on any atom is -0.337 e. The smallest absolute Gasteiger partial charge is 0.224 e. The Hall–Kier alpha value is -3.06. The predicted molar refractivity (Wildman–Crippen MR) is 96.4 cm³/mol. The molecule has 0 aliphatic carbocycles. The van der Waals surface area contributed by atoms with Gasteiger partial charge in [-0.2, -0.15) is 0 Å². The van der Waals surface area contributed by atoms with E-state index in [1.807, 2.05) is 55.7 Å². The lowest BCUT2D eigenvalue weighted by molar-refractivity contribution is -0.127. The summed E-state index contributed by atoms with van der Waals surface area (Å²) in [5, 5.41) is 7.95. The number of nitrogens with one attached hydrogen (secondary N) is 1. The van der Waals surface area contributed by atoms with Crippen LogP contribution in [0.5, 0.6) is 0 Å². The van der Waals surface area contributed by atoms with Gasteiger partial charge in [-0.05, 0) is 23.8 Å². The fraction of sp³-hybridized carbons (Fsp3) is 0.263. The Balaban J connectivity index is 1.47. The molecule has 0 saturated carbocycles. The van der Waals surface area contributed by atoms with Crippen molar-refractivity contribution in [3.63, 3.8) is 0 Å². The highest BCUT2D eigenvalue weighted by Crippen LogP contribution is 2.31. The number of hydrogen-bond donors (Lipinski definition) is 1. The topological polar surface area (TPSA) is 75.9 Å². The number of benzene rings is 1. The molecule has 3 heterocycles. The highest BCUT2D eigenvalue weighted by molar-refractivity contribution is 5.80. The van der Waals surface area contributed by atoms with E-state index in [1.54, 1.807) is 22.1 Å². The number of nitrogens with zero attached hydrogens (tertiary/aromatic N) is 5. The first-order valence-electron chi connectivity index (χ1n) is 8.57. The first-order valence-corrected chi connectivity index (χ1v) is 8.57. The molecule has 1 N–H and O–H groups in total. The molecular weight excluding hydrogens is 328 g/mol. The minimum absolute atomic E-state index is 0.000347. The van der Waals surface area contributed by atoms with Gasteiger partial charge in [-0.15, -0.1) is 5.10 Å². The van der Waals surface area contributed by atoms with Crippen molar-refractivity contribution in [2.24, 2.45) is 0 Å². The minimum atomic E-state index is -0.0348. The molecule has 4 rings (SSSR count). The van der Waals surface area contributed by atoms with Crippen LogP contribution in [0.15, 0.2) is 61.2 Å². The van der Waals surface area contributed by atoms with Crippen molar-refractivity contribution in [2.45, 2.75) is 25.0 Å². The summed E-state index contributed by atoms with van der Waals surface area (Å²) < 4.78 is 1.75. The Kier molecular flexibility index (Phi) is 4.45. The number of carbonyl (C=O) groups excluding carboxylic acids is 1. The average molecular weight is 348 g/mol. The normalized spacial score (nSPS) is 19.9. The number of likely N-dealkylation sites (N-methyl/N-ethyl adjacent to an activating group) is 1. The molecule has 2 aromatic heterocycles. The van der Waals surface area contributed by atoms with Gasteiger partial charge in [0.1, 0.15) is 6.33 Å². The zero-order valence-corrected chi connectivity index (χ0v) is 14.5. The molecule has 1 aliphatic rings. The molecule has 0 bridgehead atoms. The third-order valence-corrected chi connectivity index (χ3v) is 4.69. The third kappa shape index (κ3) is 3.21. The Morgan fingerprint density at radius 1 is 1.19 bits per heavy atom. The van der Waals surface area contributed by atoms with E-state index in [0.29, 0.717) is 18.8 Å². The van der Waals surface area contributed by atoms with Gasteiger partial charge in [0, 0.05) is 31.9 Å². The number of carbonyl (C=O) groups is 1. The standard InChI is InChI=1S/C19H20N6O/c1-24-18(26)10-16(19(24)14-6-5-9-20-11-14)21-12-17-22-13-25(23-17)15-7-3-2-4-8-15/h2-9,11,13,16,19,21H,10,12H2,1H3/t16-,19+/m1/s1. The van der Waals surface area contributed by atoms with E-state index in [4.69, 9.17) is 0 Å². The second kappa shape index (κ2) is 7.05. The van der Waals surface area contributed by atoms with Crippen LogP contribution in [0.2, 0.25) is 0 Å². The van der Waals surface area contributed by atoms with Gasteiger partial charge < -0.3 is 10.2 Å². The summed E-state index contributed by atoms with van der Waals surface area (Å²) in [5.41, 5.74) is 2.00. The van der Waals surface area contributed by atoms with Gasteiger partial charge >= 0.3 is 0 Å². The lowest BCUT2D eigenvalue weighted by Gasteiger charge is -2.25. The fourth-order valence-corrected chi connectivity index (χ4v) is 3.37. The van der Waals surface area contributed by atoms with Gasteiger partial charge in [-0.25, -0.2) is 9.67 Å². The van der Waals surface area contributed by atoms with Crippen molar-refractivity contribution < 1.29 is 4.79 Å². The quantitative estimate of drug-likeness (QED) is 0.760. The van der Waals surface area contributed by atoms with Crippen LogP contribution in [-0.2, 0) is 11.3 Å². The van der Waals surface area contributed by atoms with Crippen molar-refractivity contribution in [3.05, 3.63) is 72.6 Å². The lowest BCUT2D eigenvalue weighted by atomic mass is 10.0. The van der Waals surface area contributed by atoms with Gasteiger partial charge in [0.15, 0.2) is 5.82 Å². The second-order valence-corrected chi connectivity index (χ2v) is 6.37. The Bertz CT molecular complexity index is 879. The van der Waals surface area contributed by atoms with Crippen molar-refractivity contribution in [3.8, 4) is 5.69 Å². The van der Waals surface area contributed by atoms with Crippen LogP contribution in [0.25, 0.3) is 5.69 Å². The highest BCUT2D eigenvalue weighted by atomic mass is 16.2. The zero-order chi connectivity index (χ0) is 17.9. The first-order chi connectivity index (χ1) is 12.7. The molecule has 1 aliphatic heterocycles. The molecule has 3 aromatic rings. The SMILES string of the molecule is CN1C(=O)C[C@@H](NCc2ncn(-c3ccccc3)n2)[C@@H]1c1cccnc1. The Morgan fingerprint density at radius 2 is 2.04 bits per heavy atom. The Morgan fingerprint density at radius 3 is 2.81 bits per heavy atom. The first kappa shape index (κ1) is 16.4. The van der Waals surface area contributed by atoms with Gasteiger partial charge in [0.2, 0.25) is 5.91 Å². The number of aromatic nitrogens is 4. The van der Waals surface area contributed by atoms with Crippen molar-refractivity contribution in [2.75, 3.05) is 7.05 Å². The molecule has 1 amide bonds. The van der Waals surface area contributed by atoms with E-state index < -0.39 is 0 Å². The summed E-state index contributed by atoms with van der Waals surface area (Å²) in [4.78, 5) is 22.5. The summed E-state index contributed by atoms with van der Waals surface area (Å²) >= 11 is 0. The molecule has 1 aromatic carbocycles. The monoisotopic (exact) mass is 348 g/mol. The van der Waals surface area contributed by atoms with Crippen molar-refractivity contribution >= 4 is 5.91 Å². The largest absolute Gasteiger partial charge is 0.337 e. The predicted octanol–water partition coefficient (Wildman–Crippen LogP) is 1.72. The molecule has 26 heavy (non-hydrogen) atoms. The summed E-state index contributed by atoms with van der Waals surface area (Å²) in [6.07, 6.45) is 5.71. The van der Waals surface area contributed by atoms with Gasteiger partial charge in [0.25, 0.3) is 0 Å². The highest BCUT2D eigenvalue weighted by Gasteiger charge is 2.38. The van der Waals surface area contributed by atoms with Crippen LogP contribution < -0.4 is 5.32 Å². The fourth-order valence-electron chi connectivity index (χ4n) is 3.37. The molecule has 0 spiro atoms. The molecule has 1 saturated heterocycles. The maximum absolute atomic E-state index is 12.2. The molecule has 7 heteroatoms. The summed E-state index contributed by atoms with van der Waals surface area (Å²) in [6, 6.07) is 13.7. The number of pyridine rings is 1. The number of para-hydroxylation sites is 1. The number of likely N-dealkylation sites (tertiary alicyclic amines) is 1. The van der Waals surface area contributed by atoms with Gasteiger partial charge in [-0.1, -0.05) is 24.3 Å². The number of amides is 1. The van der Waals surface area contributed by atoms with Crippen molar-refractivity contribution in [1.29, 1.82) is 0 Å². The zero-order valence-electron chi connectivity index (χ0n) is 14.5. The van der Waals surface area contributed by atoms with Crippen LogP contribution in [-0.4, -0.2) is 43.6 Å². The number of hydrogen-bond acceptors (Lipinski definition) is 5. The number of rotatable bonds is 5. The summed E-state index contributed by atoms with van der Waals surface area (Å²) in [5.74, 6) is 0.819. The van der Waals surface area contributed by atoms with E-state index >= 15 is 0 Å². The maximum atomic E-state index is 12.2. The van der Waals surface area contributed by atoms with E-state index in [0.717, 1.165) is 11.3 Å². The third-order valence-electron chi connectivity index (χ3n) is 4.69. The molecule has 7 nitrogen and oxygen atoms in total. The Labute approximate surface area is 151 Å². The van der Waals surface area contributed by atoms with Crippen molar-refractivity contribution in [1.82, 2.24) is 30.0 Å². The summed E-state index contributed by atoms with van der Waals surface area (Å²) in [7, 11) is 1.84. The summed E-state index contributed by atoms with van der Waals surface area (Å²) in [6.45, 7) is 0.502. The average Bonchev–Trinajstić information content (AvgIpc) is 3.26. The molecule has 132 valence electrons. The van der Waals surface area contributed by atoms with E-state index in [-0.39, 0.29) is 18.0 Å². The van der Waals surface area contributed by atoms with E-state index in [2.05, 4.69) is 20.4 Å². The molecule has 0 radical (unpaired) electrons. The van der Waals surface area contributed by atoms with E-state index in [1.165, 1.54) is 0 Å². The lowest BCUT2D eigenvalue weighted by Crippen LogP contribution is -2.35. The maximum Gasteiger partial charge on any atom is 0.224 e. The molecule has 0 unspecified atom stereocenters.